The van der Waals surface area contributed by atoms with Gasteiger partial charge in [-0.3, -0.25) is 4.79 Å². The van der Waals surface area contributed by atoms with Crippen molar-refractivity contribution in [3.05, 3.63) is 75.8 Å². The molecule has 0 aromatic heterocycles. The van der Waals surface area contributed by atoms with E-state index in [4.69, 9.17) is 27.9 Å². The molecule has 1 aliphatic rings. The zero-order valence-corrected chi connectivity index (χ0v) is 14.2. The van der Waals surface area contributed by atoms with Gasteiger partial charge in [-0.25, -0.2) is 0 Å². The summed E-state index contributed by atoms with van der Waals surface area (Å²) in [5.41, 5.74) is 1.66. The molecule has 0 saturated carbocycles. The van der Waals surface area contributed by atoms with Crippen molar-refractivity contribution in [1.29, 1.82) is 0 Å². The van der Waals surface area contributed by atoms with Gasteiger partial charge in [0.2, 0.25) is 0 Å². The molecule has 0 heterocycles. The molecular formula is C19H16Cl2O2. The minimum absolute atomic E-state index is 0.00634. The highest BCUT2D eigenvalue weighted by molar-refractivity contribution is 6.45. The Kier molecular flexibility index (Phi) is 4.22. The number of carbonyl (C=O) groups excluding carboxylic acids is 1. The van der Waals surface area contributed by atoms with E-state index in [1.165, 1.54) is 7.11 Å². The number of carbonyl (C=O) groups is 1. The summed E-state index contributed by atoms with van der Waals surface area (Å²) in [6.07, 6.45) is 2.88. The van der Waals surface area contributed by atoms with Gasteiger partial charge in [0.05, 0.1) is 17.5 Å². The molecule has 0 unspecified atom stereocenters. The average Bonchev–Trinajstić information content (AvgIpc) is 2.85. The Morgan fingerprint density at radius 1 is 1.26 bits per heavy atom. The number of ether oxygens (including phenoxy) is 1. The summed E-state index contributed by atoms with van der Waals surface area (Å²) < 4.78 is 5.27. The zero-order chi connectivity index (χ0) is 16.6. The molecule has 0 fully saturated rings. The van der Waals surface area contributed by atoms with Gasteiger partial charge in [0.15, 0.2) is 5.78 Å². The Bertz CT molecular complexity index is 784. The van der Waals surface area contributed by atoms with Crippen molar-refractivity contribution in [3.8, 4) is 5.75 Å². The van der Waals surface area contributed by atoms with E-state index in [0.717, 1.165) is 11.1 Å². The van der Waals surface area contributed by atoms with Gasteiger partial charge in [-0.15, -0.1) is 6.58 Å². The van der Waals surface area contributed by atoms with Gasteiger partial charge in [0.1, 0.15) is 10.8 Å². The van der Waals surface area contributed by atoms with Crippen molar-refractivity contribution in [1.82, 2.24) is 0 Å². The Morgan fingerprint density at radius 2 is 1.96 bits per heavy atom. The number of benzene rings is 2. The van der Waals surface area contributed by atoms with Crippen LogP contribution in [0.15, 0.2) is 49.1 Å². The topological polar surface area (TPSA) is 26.3 Å². The van der Waals surface area contributed by atoms with Crippen molar-refractivity contribution < 1.29 is 9.53 Å². The number of allylic oxidation sites excluding steroid dienone is 1. The Balaban J connectivity index is 2.22. The lowest BCUT2D eigenvalue weighted by Gasteiger charge is -2.26. The first-order valence-corrected chi connectivity index (χ1v) is 8.07. The number of rotatable bonds is 4. The minimum Gasteiger partial charge on any atom is -0.495 e. The van der Waals surface area contributed by atoms with Crippen molar-refractivity contribution in [2.75, 3.05) is 7.11 Å². The van der Waals surface area contributed by atoms with Crippen LogP contribution in [0.3, 0.4) is 0 Å². The third kappa shape index (κ3) is 2.37. The Hall–Kier alpha value is -1.77. The summed E-state index contributed by atoms with van der Waals surface area (Å²) >= 11 is 12.6. The zero-order valence-electron chi connectivity index (χ0n) is 12.7. The van der Waals surface area contributed by atoms with Crippen LogP contribution in [-0.4, -0.2) is 12.9 Å². The van der Waals surface area contributed by atoms with Crippen LogP contribution in [0.25, 0.3) is 0 Å². The molecular weight excluding hydrogens is 331 g/mol. The van der Waals surface area contributed by atoms with Crippen molar-refractivity contribution in [2.24, 2.45) is 0 Å². The molecule has 3 rings (SSSR count). The van der Waals surface area contributed by atoms with Crippen LogP contribution >= 0.6 is 23.2 Å². The second kappa shape index (κ2) is 6.03. The number of fused-ring (bicyclic) bond motifs is 1. The highest BCUT2D eigenvalue weighted by atomic mass is 35.5. The molecule has 2 nitrogen and oxygen atoms in total. The summed E-state index contributed by atoms with van der Waals surface area (Å²) in [5.74, 6) is 0.485. The fraction of sp³-hybridized carbons (Fsp3) is 0.211. The number of ketones is 1. The molecule has 2 aromatic carbocycles. The number of hydrogen-bond acceptors (Lipinski definition) is 2. The number of methoxy groups -OCH3 is 1. The van der Waals surface area contributed by atoms with Gasteiger partial charge < -0.3 is 4.74 Å². The van der Waals surface area contributed by atoms with E-state index >= 15 is 0 Å². The van der Waals surface area contributed by atoms with Crippen LogP contribution in [0.2, 0.25) is 10.0 Å². The molecule has 0 saturated heterocycles. The second-order valence-corrected chi connectivity index (χ2v) is 6.44. The van der Waals surface area contributed by atoms with Gasteiger partial charge in [0, 0.05) is 5.56 Å². The van der Waals surface area contributed by atoms with Crippen molar-refractivity contribution in [2.45, 2.75) is 18.3 Å². The largest absolute Gasteiger partial charge is 0.495 e. The van der Waals surface area contributed by atoms with E-state index in [2.05, 4.69) is 6.58 Å². The van der Waals surface area contributed by atoms with Gasteiger partial charge in [-0.05, 0) is 30.0 Å². The van der Waals surface area contributed by atoms with Gasteiger partial charge in [-0.1, -0.05) is 59.6 Å². The molecule has 23 heavy (non-hydrogen) atoms. The molecule has 0 N–H and O–H groups in total. The van der Waals surface area contributed by atoms with Crippen molar-refractivity contribution >= 4 is 29.0 Å². The standard InChI is InChI=1S/C19H16Cl2O2/c1-3-9-19(13-7-5-4-6-8-13)11-12-10-14(23-2)16(20)17(21)15(12)18(19)22/h3-8,10H,1,9,11H2,2H3/t19-/m1/s1. The first-order chi connectivity index (χ1) is 11.0. The van der Waals surface area contributed by atoms with Crippen molar-refractivity contribution in [3.63, 3.8) is 0 Å². The summed E-state index contributed by atoms with van der Waals surface area (Å²) in [7, 11) is 1.54. The molecule has 0 amide bonds. The summed E-state index contributed by atoms with van der Waals surface area (Å²) in [6.45, 7) is 3.83. The molecule has 4 heteroatoms. The van der Waals surface area contributed by atoms with Crippen LogP contribution in [0.1, 0.15) is 27.9 Å². The van der Waals surface area contributed by atoms with Gasteiger partial charge >= 0.3 is 0 Å². The highest BCUT2D eigenvalue weighted by Gasteiger charge is 2.47. The van der Waals surface area contributed by atoms with E-state index < -0.39 is 5.41 Å². The smallest absolute Gasteiger partial charge is 0.175 e. The molecule has 0 spiro atoms. The maximum absolute atomic E-state index is 13.3. The lowest BCUT2D eigenvalue weighted by molar-refractivity contribution is 0.0904. The first kappa shape index (κ1) is 16.1. The van der Waals surface area contributed by atoms with E-state index in [1.807, 2.05) is 36.4 Å². The van der Waals surface area contributed by atoms with Gasteiger partial charge in [0.25, 0.3) is 0 Å². The summed E-state index contributed by atoms with van der Waals surface area (Å²) in [5, 5.41) is 0.552. The highest BCUT2D eigenvalue weighted by Crippen LogP contribution is 2.48. The Labute approximate surface area is 145 Å². The third-order valence-corrected chi connectivity index (χ3v) is 5.30. The second-order valence-electron chi connectivity index (χ2n) is 5.69. The molecule has 118 valence electrons. The molecule has 2 aromatic rings. The predicted octanol–water partition coefficient (Wildman–Crippen LogP) is 5.25. The first-order valence-electron chi connectivity index (χ1n) is 7.31. The minimum atomic E-state index is -0.676. The van der Waals surface area contributed by atoms with Crippen LogP contribution in [0.4, 0.5) is 0 Å². The van der Waals surface area contributed by atoms with E-state index in [0.29, 0.717) is 24.2 Å². The normalized spacial score (nSPS) is 19.5. The molecule has 0 aliphatic heterocycles. The molecule has 1 atom stereocenters. The lowest BCUT2D eigenvalue weighted by Crippen LogP contribution is -2.32. The van der Waals surface area contributed by atoms with Crippen LogP contribution in [0, 0.1) is 0 Å². The third-order valence-electron chi connectivity index (χ3n) is 4.45. The van der Waals surface area contributed by atoms with Gasteiger partial charge in [-0.2, -0.15) is 0 Å². The van der Waals surface area contributed by atoms with E-state index in [1.54, 1.807) is 6.08 Å². The van der Waals surface area contributed by atoms with E-state index in [9.17, 15) is 4.79 Å². The van der Waals surface area contributed by atoms with Crippen LogP contribution in [0.5, 0.6) is 5.75 Å². The quantitative estimate of drug-likeness (QED) is 0.706. The van der Waals surface area contributed by atoms with Crippen LogP contribution < -0.4 is 4.74 Å². The van der Waals surface area contributed by atoms with E-state index in [-0.39, 0.29) is 15.8 Å². The number of hydrogen-bond donors (Lipinski definition) is 0. The maximum atomic E-state index is 13.3. The lowest BCUT2D eigenvalue weighted by atomic mass is 9.74. The average molecular weight is 347 g/mol. The monoisotopic (exact) mass is 346 g/mol. The summed E-state index contributed by atoms with van der Waals surface area (Å²) in [4.78, 5) is 13.3. The number of halogens is 2. The predicted molar refractivity (Wildman–Crippen MR) is 94.0 cm³/mol. The Morgan fingerprint density at radius 3 is 2.57 bits per heavy atom. The fourth-order valence-corrected chi connectivity index (χ4v) is 3.88. The fourth-order valence-electron chi connectivity index (χ4n) is 3.35. The SMILES string of the molecule is C=CC[C@]1(c2ccccc2)Cc2cc(OC)c(Cl)c(Cl)c2C1=O. The maximum Gasteiger partial charge on any atom is 0.175 e. The number of Topliss-reactive ketones (excluding diaryl/α,β-unsaturated/α-hetero) is 1. The molecule has 0 radical (unpaired) electrons. The molecule has 1 aliphatic carbocycles. The van der Waals surface area contributed by atoms with Crippen LogP contribution in [-0.2, 0) is 11.8 Å². The molecule has 0 bridgehead atoms. The summed E-state index contributed by atoms with van der Waals surface area (Å²) in [6, 6.07) is 11.6.